The van der Waals surface area contributed by atoms with Gasteiger partial charge in [-0.3, -0.25) is 0 Å². The van der Waals surface area contributed by atoms with Crippen LogP contribution < -0.4 is 0 Å². The highest BCUT2D eigenvalue weighted by Gasteiger charge is 2.06. The van der Waals surface area contributed by atoms with Gasteiger partial charge in [0.2, 0.25) is 0 Å². The molecular weight excluding hydrogens is 293 g/mol. The van der Waals surface area contributed by atoms with Gasteiger partial charge in [-0.2, -0.15) is 0 Å². The van der Waals surface area contributed by atoms with Gasteiger partial charge < -0.3 is 0 Å². The van der Waals surface area contributed by atoms with Gasteiger partial charge in [0.15, 0.2) is 0 Å². The molecule has 0 fully saturated rings. The molecule has 0 nitrogen and oxygen atoms in total. The van der Waals surface area contributed by atoms with E-state index in [2.05, 4.69) is 31.0 Å². The van der Waals surface area contributed by atoms with Crippen LogP contribution in [0.4, 0.5) is 0 Å². The van der Waals surface area contributed by atoms with Gasteiger partial charge in [-0.05, 0) is 31.0 Å². The lowest BCUT2D eigenvalue weighted by Gasteiger charge is -1.95. The molecule has 2 unspecified atom stereocenters. The zero-order valence-electron chi connectivity index (χ0n) is 2.41. The summed E-state index contributed by atoms with van der Waals surface area (Å²) in [6.07, 6.45) is 0. The topological polar surface area (TPSA) is 0 Å². The summed E-state index contributed by atoms with van der Waals surface area (Å²) in [6.45, 7) is 0. The second kappa shape index (κ2) is 4.30. The van der Waals surface area contributed by atoms with Crippen molar-refractivity contribution >= 4 is 64.8 Å². The molecule has 0 aromatic carbocycles. The van der Waals surface area contributed by atoms with Crippen LogP contribution in [-0.2, 0) is 0 Å². The Hall–Kier alpha value is 2.40. The lowest BCUT2D eigenvalue weighted by Crippen LogP contribution is -1.17. The van der Waals surface area contributed by atoms with Gasteiger partial charge in [0.05, 0.1) is 0 Å². The van der Waals surface area contributed by atoms with Crippen LogP contribution in [0, 0.1) is 0 Å². The molecule has 0 saturated carbocycles. The van der Waals surface area contributed by atoms with Gasteiger partial charge in [-0.25, -0.2) is 0 Å². The highest BCUT2D eigenvalue weighted by atomic mass is 79.9. The van der Waals surface area contributed by atoms with Crippen LogP contribution in [0.15, 0.2) is 0 Å². The molecule has 0 spiro atoms. The summed E-state index contributed by atoms with van der Waals surface area (Å²) < 4.78 is 0. The fourth-order valence-electron chi connectivity index (χ4n) is 0. The summed E-state index contributed by atoms with van der Waals surface area (Å²) in [6, 6.07) is 0. The molecule has 0 heterocycles. The Bertz CT molecular complexity index is 30.5. The van der Waals surface area contributed by atoms with E-state index in [-0.39, 0.29) is 0 Å². The monoisotopic (exact) mass is 290 g/mol. The van der Waals surface area contributed by atoms with Crippen molar-refractivity contribution in [1.29, 1.82) is 0 Å². The molecule has 0 aliphatic rings. The lowest BCUT2D eigenvalue weighted by molar-refractivity contribution is 4.76. The molecule has 0 N–H and O–H groups in total. The van der Waals surface area contributed by atoms with Crippen molar-refractivity contribution in [2.75, 3.05) is 0 Å². The summed E-state index contributed by atoms with van der Waals surface area (Å²) in [5.41, 5.74) is -1.26. The van der Waals surface area contributed by atoms with Crippen LogP contribution in [0.3, 0.4) is 0 Å². The van der Waals surface area contributed by atoms with E-state index in [9.17, 15) is 0 Å². The molecule has 2 atom stereocenters. The van der Waals surface area contributed by atoms with Crippen molar-refractivity contribution in [3.8, 4) is 0 Å². The Balaban J connectivity index is 2.99. The largest absolute Gasteiger partial charge is 0.111 e. The Morgan fingerprint density at radius 2 is 1.17 bits per heavy atom. The molecule has 0 radical (unpaired) electrons. The molecule has 0 rings (SSSR count). The fourth-order valence-corrected chi connectivity index (χ4v) is 0. The minimum Gasteiger partial charge on any atom is -0.0762 e. The third-order valence-electron chi connectivity index (χ3n) is 0.114. The predicted octanol–water partition coefficient (Wildman–Crippen LogP) is 4.79. The maximum atomic E-state index is 5.44. The van der Waals surface area contributed by atoms with E-state index in [0.717, 1.165) is 0 Å². The Labute approximate surface area is 64.4 Å². The first-order valence-corrected chi connectivity index (χ1v) is 10.1. The quantitative estimate of drug-likeness (QED) is 0.609. The van der Waals surface area contributed by atoms with Crippen molar-refractivity contribution in [2.24, 2.45) is 0 Å². The van der Waals surface area contributed by atoms with E-state index >= 15 is 0 Å². The Morgan fingerprint density at radius 1 is 1.00 bits per heavy atom. The second-order valence-electron chi connectivity index (χ2n) is 0.430. The van der Waals surface area contributed by atoms with Crippen LogP contribution in [0.5, 0.6) is 0 Å². The molecule has 0 aliphatic carbocycles. The summed E-state index contributed by atoms with van der Waals surface area (Å²) in [7, 11) is 0. The molecular formula is Br2Cl2P2. The van der Waals surface area contributed by atoms with E-state index < -0.39 is 11.3 Å². The van der Waals surface area contributed by atoms with Gasteiger partial charge in [0, 0.05) is 0 Å². The number of rotatable bonds is 1. The zero-order valence-corrected chi connectivity index (χ0v) is 8.88. The minimum absolute atomic E-state index is 0.628. The van der Waals surface area contributed by atoms with E-state index in [1.54, 1.807) is 0 Å². The first kappa shape index (κ1) is 8.40. The molecule has 6 heteroatoms. The molecule has 0 aliphatic heterocycles. The lowest BCUT2D eigenvalue weighted by atomic mass is 29.8. The van der Waals surface area contributed by atoms with Crippen molar-refractivity contribution < 1.29 is 0 Å². The average Bonchev–Trinajstić information content (AvgIpc) is 1.36. The number of halogens is 4. The standard InChI is InChI=1S/Br2Cl2P2/c1-5(3)6(2)4. The van der Waals surface area contributed by atoms with Crippen LogP contribution in [0.25, 0.3) is 0 Å². The van der Waals surface area contributed by atoms with Gasteiger partial charge >= 0.3 is 0 Å². The van der Waals surface area contributed by atoms with Gasteiger partial charge in [0.25, 0.3) is 0 Å². The minimum atomic E-state index is -0.628. The van der Waals surface area contributed by atoms with Crippen molar-refractivity contribution in [3.63, 3.8) is 0 Å². The van der Waals surface area contributed by atoms with Crippen LogP contribution >= 0.6 is 64.8 Å². The summed E-state index contributed by atoms with van der Waals surface area (Å²) in [5, 5.41) is 0. The highest BCUT2D eigenvalue weighted by molar-refractivity contribution is 9.62. The molecule has 0 aromatic heterocycles. The summed E-state index contributed by atoms with van der Waals surface area (Å²) in [5.74, 6) is 0. The van der Waals surface area contributed by atoms with Crippen LogP contribution in [0.1, 0.15) is 0 Å². The molecule has 0 amide bonds. The van der Waals surface area contributed by atoms with E-state index in [1.165, 1.54) is 0 Å². The Morgan fingerprint density at radius 3 is 1.17 bits per heavy atom. The normalized spacial score (nSPS) is 20.0. The third-order valence-corrected chi connectivity index (χ3v) is 17.3. The molecule has 38 valence electrons. The maximum Gasteiger partial charge on any atom is 0.111 e. The SMILES string of the molecule is ClP(Br)P(Cl)Br. The van der Waals surface area contributed by atoms with Gasteiger partial charge in [-0.1, -0.05) is 22.5 Å². The molecule has 6 heavy (non-hydrogen) atoms. The van der Waals surface area contributed by atoms with Crippen molar-refractivity contribution in [2.45, 2.75) is 0 Å². The number of hydrogen-bond donors (Lipinski definition) is 0. The van der Waals surface area contributed by atoms with E-state index in [4.69, 9.17) is 22.5 Å². The summed E-state index contributed by atoms with van der Waals surface area (Å²) >= 11 is 17.1. The maximum absolute atomic E-state index is 5.44. The fraction of sp³-hybridized carbons (Fsp3) is 0. The van der Waals surface area contributed by atoms with Crippen molar-refractivity contribution in [3.05, 3.63) is 0 Å². The van der Waals surface area contributed by atoms with Gasteiger partial charge in [-0.15, -0.1) is 0 Å². The molecule has 0 bridgehead atoms. The predicted molar refractivity (Wildman–Crippen MR) is 43.4 cm³/mol. The molecule has 0 aromatic rings. The van der Waals surface area contributed by atoms with Crippen LogP contribution in [-0.4, -0.2) is 0 Å². The van der Waals surface area contributed by atoms with E-state index in [1.807, 2.05) is 0 Å². The second-order valence-corrected chi connectivity index (χ2v) is 17.1. The zero-order chi connectivity index (χ0) is 5.15. The van der Waals surface area contributed by atoms with Gasteiger partial charge in [0.1, 0.15) is 11.3 Å². The third kappa shape index (κ3) is 4.56. The molecule has 0 saturated heterocycles. The average molecular weight is 293 g/mol. The first-order chi connectivity index (χ1) is 2.64. The number of hydrogen-bond acceptors (Lipinski definition) is 0. The first-order valence-electron chi connectivity index (χ1n) is 0.876. The van der Waals surface area contributed by atoms with Crippen molar-refractivity contribution in [1.82, 2.24) is 0 Å². The van der Waals surface area contributed by atoms with E-state index in [0.29, 0.717) is 0 Å². The van der Waals surface area contributed by atoms with Crippen LogP contribution in [0.2, 0.25) is 0 Å². The smallest absolute Gasteiger partial charge is 0.0762 e. The summed E-state index contributed by atoms with van der Waals surface area (Å²) in [4.78, 5) is 0. The highest BCUT2D eigenvalue weighted by Crippen LogP contribution is 2.83. The Kier molecular flexibility index (Phi) is 6.01.